The van der Waals surface area contributed by atoms with Crippen molar-refractivity contribution in [3.05, 3.63) is 40.7 Å². The van der Waals surface area contributed by atoms with E-state index >= 15 is 0 Å². The molecule has 23 heavy (non-hydrogen) atoms. The highest BCUT2D eigenvalue weighted by atomic mass is 16.5. The van der Waals surface area contributed by atoms with Crippen LogP contribution in [0.4, 0.5) is 0 Å². The van der Waals surface area contributed by atoms with Crippen LogP contribution in [0, 0.1) is 20.8 Å². The molecule has 1 aromatic heterocycles. The van der Waals surface area contributed by atoms with Crippen molar-refractivity contribution >= 4 is 11.9 Å². The third-order valence-electron chi connectivity index (χ3n) is 3.37. The number of nitrogens with zero attached hydrogens (tertiary/aromatic N) is 4. The molecule has 0 bridgehead atoms. The van der Waals surface area contributed by atoms with E-state index in [0.717, 1.165) is 16.8 Å². The third kappa shape index (κ3) is 3.74. The molecule has 7 heteroatoms. The quantitative estimate of drug-likeness (QED) is 0.798. The molecule has 0 N–H and O–H groups in total. The molecule has 1 aromatic carbocycles. The van der Waals surface area contributed by atoms with Crippen molar-refractivity contribution in [1.29, 1.82) is 0 Å². The van der Waals surface area contributed by atoms with Crippen LogP contribution in [0.2, 0.25) is 0 Å². The number of likely N-dealkylation sites (N-methyl/N-ethyl adjacent to an activating group) is 1. The molecular weight excluding hydrogens is 296 g/mol. The first-order valence-electron chi connectivity index (χ1n) is 7.18. The smallest absolute Gasteiger partial charge is 0.361 e. The van der Waals surface area contributed by atoms with E-state index in [9.17, 15) is 9.59 Å². The summed E-state index contributed by atoms with van der Waals surface area (Å²) in [6.07, 6.45) is 0. The minimum Gasteiger partial charge on any atom is -0.451 e. The summed E-state index contributed by atoms with van der Waals surface area (Å²) in [6.45, 7) is 5.32. The van der Waals surface area contributed by atoms with Crippen LogP contribution in [0.25, 0.3) is 5.69 Å². The molecule has 0 saturated carbocycles. The van der Waals surface area contributed by atoms with Gasteiger partial charge < -0.3 is 9.64 Å². The minimum atomic E-state index is -0.659. The van der Waals surface area contributed by atoms with Crippen LogP contribution in [-0.2, 0) is 9.53 Å². The number of carbonyl (C=O) groups excluding carboxylic acids is 2. The maximum absolute atomic E-state index is 12.1. The standard InChI is InChI=1S/C16H20N4O3/c1-10-6-7-13(11(2)8-10)20-17-12(3)15(18-20)16(22)23-9-14(21)19(4)5/h6-8H,9H2,1-5H3. The first-order valence-corrected chi connectivity index (χ1v) is 7.18. The number of hydrogen-bond donors (Lipinski definition) is 0. The summed E-state index contributed by atoms with van der Waals surface area (Å²) in [4.78, 5) is 26.3. The number of aryl methyl sites for hydroxylation is 3. The summed E-state index contributed by atoms with van der Waals surface area (Å²) in [5.41, 5.74) is 3.49. The number of carbonyl (C=O) groups is 2. The number of hydrogen-bond acceptors (Lipinski definition) is 5. The van der Waals surface area contributed by atoms with E-state index in [0.29, 0.717) is 5.69 Å². The lowest BCUT2D eigenvalue weighted by molar-refractivity contribution is -0.131. The average Bonchev–Trinajstić information content (AvgIpc) is 2.86. The SMILES string of the molecule is Cc1ccc(-n2nc(C)c(C(=O)OCC(=O)N(C)C)n2)c(C)c1. The molecule has 0 atom stereocenters. The topological polar surface area (TPSA) is 77.3 Å². The zero-order valence-corrected chi connectivity index (χ0v) is 14.0. The minimum absolute atomic E-state index is 0.108. The van der Waals surface area contributed by atoms with Gasteiger partial charge >= 0.3 is 5.97 Å². The highest BCUT2D eigenvalue weighted by Gasteiger charge is 2.19. The first kappa shape index (κ1) is 16.7. The number of amides is 1. The lowest BCUT2D eigenvalue weighted by Gasteiger charge is -2.09. The van der Waals surface area contributed by atoms with Crippen molar-refractivity contribution in [2.75, 3.05) is 20.7 Å². The molecule has 0 aliphatic heterocycles. The van der Waals surface area contributed by atoms with E-state index in [1.807, 2.05) is 32.0 Å². The number of esters is 1. The molecule has 1 heterocycles. The predicted octanol–water partition coefficient (Wildman–Crippen LogP) is 1.44. The Bertz CT molecular complexity index is 750. The first-order chi connectivity index (χ1) is 10.8. The molecule has 1 amide bonds. The summed E-state index contributed by atoms with van der Waals surface area (Å²) < 4.78 is 4.98. The van der Waals surface area contributed by atoms with Crippen LogP contribution in [0.5, 0.6) is 0 Å². The molecule has 122 valence electrons. The largest absolute Gasteiger partial charge is 0.451 e. The molecule has 7 nitrogen and oxygen atoms in total. The molecule has 2 rings (SSSR count). The molecule has 0 unspecified atom stereocenters. The lowest BCUT2D eigenvalue weighted by Crippen LogP contribution is -2.27. The molecule has 2 aromatic rings. The molecule has 0 aliphatic carbocycles. The Morgan fingerprint density at radius 3 is 2.48 bits per heavy atom. The van der Waals surface area contributed by atoms with Crippen molar-refractivity contribution < 1.29 is 14.3 Å². The Hall–Kier alpha value is -2.70. The Morgan fingerprint density at radius 2 is 1.87 bits per heavy atom. The Kier molecular flexibility index (Phi) is 4.78. The zero-order chi connectivity index (χ0) is 17.1. The van der Waals surface area contributed by atoms with Crippen LogP contribution in [0.3, 0.4) is 0 Å². The zero-order valence-electron chi connectivity index (χ0n) is 14.0. The van der Waals surface area contributed by atoms with E-state index in [-0.39, 0.29) is 18.2 Å². The van der Waals surface area contributed by atoms with Gasteiger partial charge in [-0.25, -0.2) is 4.79 Å². The Labute approximate surface area is 134 Å². The van der Waals surface area contributed by atoms with Crippen LogP contribution >= 0.6 is 0 Å². The molecule has 0 spiro atoms. The van der Waals surface area contributed by atoms with Crippen LogP contribution in [0.1, 0.15) is 27.3 Å². The fourth-order valence-corrected chi connectivity index (χ4v) is 2.03. The van der Waals surface area contributed by atoms with Gasteiger partial charge in [0.15, 0.2) is 12.3 Å². The highest BCUT2D eigenvalue weighted by Crippen LogP contribution is 2.15. The second kappa shape index (κ2) is 6.60. The molecule has 0 saturated heterocycles. The summed E-state index contributed by atoms with van der Waals surface area (Å²) in [7, 11) is 3.19. The van der Waals surface area contributed by atoms with Crippen LogP contribution in [-0.4, -0.2) is 52.5 Å². The predicted molar refractivity (Wildman–Crippen MR) is 84.5 cm³/mol. The number of rotatable bonds is 4. The van der Waals surface area contributed by atoms with Gasteiger partial charge in [-0.3, -0.25) is 4.79 Å². The van der Waals surface area contributed by atoms with E-state index in [1.54, 1.807) is 21.0 Å². The Balaban J connectivity index is 2.21. The third-order valence-corrected chi connectivity index (χ3v) is 3.37. The number of ether oxygens (including phenoxy) is 1. The van der Waals surface area contributed by atoms with Crippen molar-refractivity contribution in [1.82, 2.24) is 19.9 Å². The summed E-state index contributed by atoms with van der Waals surface area (Å²) in [5, 5.41) is 8.46. The van der Waals surface area contributed by atoms with Crippen molar-refractivity contribution in [2.45, 2.75) is 20.8 Å². The monoisotopic (exact) mass is 316 g/mol. The van der Waals surface area contributed by atoms with Gasteiger partial charge in [0.25, 0.3) is 5.91 Å². The second-order valence-corrected chi connectivity index (χ2v) is 5.58. The second-order valence-electron chi connectivity index (χ2n) is 5.58. The average molecular weight is 316 g/mol. The van der Waals surface area contributed by atoms with Gasteiger partial charge in [0, 0.05) is 14.1 Å². The highest BCUT2D eigenvalue weighted by molar-refractivity contribution is 5.90. The molecule has 0 fully saturated rings. The normalized spacial score (nSPS) is 10.5. The maximum atomic E-state index is 12.1. The summed E-state index contributed by atoms with van der Waals surface area (Å²) in [6, 6.07) is 5.87. The van der Waals surface area contributed by atoms with Crippen molar-refractivity contribution in [3.8, 4) is 5.69 Å². The van der Waals surface area contributed by atoms with Crippen LogP contribution in [0.15, 0.2) is 18.2 Å². The van der Waals surface area contributed by atoms with Gasteiger partial charge in [0.2, 0.25) is 0 Å². The molecule has 0 aliphatic rings. The van der Waals surface area contributed by atoms with Gasteiger partial charge in [0.1, 0.15) is 0 Å². The van der Waals surface area contributed by atoms with E-state index < -0.39 is 5.97 Å². The van der Waals surface area contributed by atoms with Gasteiger partial charge in [-0.2, -0.15) is 9.90 Å². The summed E-state index contributed by atoms with van der Waals surface area (Å²) >= 11 is 0. The maximum Gasteiger partial charge on any atom is 0.361 e. The van der Waals surface area contributed by atoms with E-state index in [4.69, 9.17) is 4.74 Å². The van der Waals surface area contributed by atoms with E-state index in [1.165, 1.54) is 9.70 Å². The van der Waals surface area contributed by atoms with Crippen molar-refractivity contribution in [2.24, 2.45) is 0 Å². The molecular formula is C16H20N4O3. The Morgan fingerprint density at radius 1 is 1.17 bits per heavy atom. The molecule has 0 radical (unpaired) electrons. The van der Waals surface area contributed by atoms with Gasteiger partial charge in [0.05, 0.1) is 11.4 Å². The van der Waals surface area contributed by atoms with Gasteiger partial charge in [-0.15, -0.1) is 5.10 Å². The van der Waals surface area contributed by atoms with Crippen molar-refractivity contribution in [3.63, 3.8) is 0 Å². The number of benzene rings is 1. The lowest BCUT2D eigenvalue weighted by atomic mass is 10.1. The van der Waals surface area contributed by atoms with Gasteiger partial charge in [-0.1, -0.05) is 17.7 Å². The summed E-state index contributed by atoms with van der Waals surface area (Å²) in [5.74, 6) is -0.952. The van der Waals surface area contributed by atoms with E-state index in [2.05, 4.69) is 10.2 Å². The fourth-order valence-electron chi connectivity index (χ4n) is 2.03. The fraction of sp³-hybridized carbons (Fsp3) is 0.375. The van der Waals surface area contributed by atoms with Gasteiger partial charge in [-0.05, 0) is 32.4 Å². The number of aromatic nitrogens is 3. The van der Waals surface area contributed by atoms with Crippen LogP contribution < -0.4 is 0 Å².